The van der Waals surface area contributed by atoms with Crippen molar-refractivity contribution in [3.05, 3.63) is 12.7 Å². The molecule has 2 aromatic heterocycles. The highest BCUT2D eigenvalue weighted by molar-refractivity contribution is 7.99. The van der Waals surface area contributed by atoms with Crippen LogP contribution in [-0.4, -0.2) is 43.1 Å². The molecule has 1 atom stereocenters. The van der Waals surface area contributed by atoms with E-state index in [9.17, 15) is 13.2 Å². The molecule has 2 heterocycles. The van der Waals surface area contributed by atoms with Crippen molar-refractivity contribution in [1.29, 1.82) is 0 Å². The molecule has 0 amide bonds. The summed E-state index contributed by atoms with van der Waals surface area (Å²) in [5.74, 6) is -0.519. The molecule has 0 saturated carbocycles. The number of aliphatic hydroxyl groups excluding tert-OH is 1. The van der Waals surface area contributed by atoms with E-state index in [-0.39, 0.29) is 0 Å². The molecule has 0 bridgehead atoms. The molecule has 0 spiro atoms. The van der Waals surface area contributed by atoms with Crippen molar-refractivity contribution in [1.82, 2.24) is 19.9 Å². The summed E-state index contributed by atoms with van der Waals surface area (Å²) in [6.07, 6.45) is -4.40. The van der Waals surface area contributed by atoms with Gasteiger partial charge >= 0.3 is 6.18 Å². The number of H-pyrrole nitrogens is 1. The minimum absolute atomic E-state index is 0.329. The zero-order valence-electron chi connectivity index (χ0n) is 8.27. The van der Waals surface area contributed by atoms with E-state index >= 15 is 0 Å². The summed E-state index contributed by atoms with van der Waals surface area (Å²) in [5, 5.41) is 9.18. The number of thioether (sulfide) groups is 1. The van der Waals surface area contributed by atoms with E-state index in [1.165, 1.54) is 12.7 Å². The van der Waals surface area contributed by atoms with E-state index in [0.717, 1.165) is 11.8 Å². The zero-order chi connectivity index (χ0) is 12.5. The lowest BCUT2D eigenvalue weighted by Crippen LogP contribution is -2.30. The van der Waals surface area contributed by atoms with Crippen molar-refractivity contribution < 1.29 is 18.3 Å². The Hall–Kier alpha value is -1.35. The molecule has 17 heavy (non-hydrogen) atoms. The van der Waals surface area contributed by atoms with Crippen molar-refractivity contribution in [2.24, 2.45) is 0 Å². The summed E-state index contributed by atoms with van der Waals surface area (Å²) in [4.78, 5) is 14.2. The Bertz CT molecular complexity index is 515. The SMILES string of the molecule is O[C@H](CSc1ncnc2nc[nH]c12)C(F)(F)F. The summed E-state index contributed by atoms with van der Waals surface area (Å²) in [5.41, 5.74) is 0.843. The molecule has 92 valence electrons. The Kier molecular flexibility index (Phi) is 3.20. The number of halogens is 3. The molecule has 0 aromatic carbocycles. The Morgan fingerprint density at radius 3 is 2.82 bits per heavy atom. The van der Waals surface area contributed by atoms with Crippen molar-refractivity contribution in [2.75, 3.05) is 5.75 Å². The van der Waals surface area contributed by atoms with Gasteiger partial charge in [-0.3, -0.25) is 0 Å². The van der Waals surface area contributed by atoms with Crippen LogP contribution in [0.5, 0.6) is 0 Å². The fraction of sp³-hybridized carbons (Fsp3) is 0.375. The van der Waals surface area contributed by atoms with Crippen LogP contribution in [0.3, 0.4) is 0 Å². The minimum atomic E-state index is -4.62. The maximum atomic E-state index is 12.1. The van der Waals surface area contributed by atoms with Gasteiger partial charge < -0.3 is 10.1 Å². The average molecular weight is 264 g/mol. The first-order chi connectivity index (χ1) is 7.98. The van der Waals surface area contributed by atoms with Gasteiger partial charge in [0.05, 0.1) is 6.33 Å². The largest absolute Gasteiger partial charge is 0.415 e. The molecule has 0 aliphatic heterocycles. The molecule has 5 nitrogen and oxygen atoms in total. The third-order valence-electron chi connectivity index (χ3n) is 1.94. The summed E-state index contributed by atoms with van der Waals surface area (Å²) < 4.78 is 36.3. The van der Waals surface area contributed by atoms with E-state index in [2.05, 4.69) is 19.9 Å². The first kappa shape index (κ1) is 12.1. The predicted octanol–water partition coefficient (Wildman–Crippen LogP) is 1.37. The van der Waals surface area contributed by atoms with Crippen LogP contribution in [0.4, 0.5) is 13.2 Å². The number of nitrogens with zero attached hydrogens (tertiary/aromatic N) is 3. The molecule has 0 aliphatic carbocycles. The number of imidazole rings is 1. The fourth-order valence-corrected chi connectivity index (χ4v) is 2.03. The van der Waals surface area contributed by atoms with Crippen LogP contribution in [0.2, 0.25) is 0 Å². The van der Waals surface area contributed by atoms with Gasteiger partial charge in [-0.15, -0.1) is 11.8 Å². The second-order valence-corrected chi connectivity index (χ2v) is 4.16. The van der Waals surface area contributed by atoms with Gasteiger partial charge in [-0.1, -0.05) is 0 Å². The van der Waals surface area contributed by atoms with Gasteiger partial charge in [-0.25, -0.2) is 15.0 Å². The highest BCUT2D eigenvalue weighted by Crippen LogP contribution is 2.27. The van der Waals surface area contributed by atoms with Crippen LogP contribution in [0.1, 0.15) is 0 Å². The second-order valence-electron chi connectivity index (χ2n) is 3.15. The van der Waals surface area contributed by atoms with E-state index in [1.807, 2.05) is 0 Å². The van der Waals surface area contributed by atoms with Gasteiger partial charge in [-0.2, -0.15) is 13.2 Å². The molecular weight excluding hydrogens is 257 g/mol. The Balaban J connectivity index is 2.12. The Labute approximate surface area is 97.5 Å². The average Bonchev–Trinajstić information content (AvgIpc) is 2.72. The molecule has 0 aliphatic rings. The first-order valence-corrected chi connectivity index (χ1v) is 5.48. The molecule has 0 saturated heterocycles. The van der Waals surface area contributed by atoms with Crippen molar-refractivity contribution in [3.8, 4) is 0 Å². The van der Waals surface area contributed by atoms with Crippen molar-refractivity contribution in [3.63, 3.8) is 0 Å². The lowest BCUT2D eigenvalue weighted by molar-refractivity contribution is -0.195. The number of fused-ring (bicyclic) bond motifs is 1. The van der Waals surface area contributed by atoms with E-state index in [1.54, 1.807) is 0 Å². The van der Waals surface area contributed by atoms with Crippen molar-refractivity contribution in [2.45, 2.75) is 17.3 Å². The van der Waals surface area contributed by atoms with Gasteiger partial charge in [0.15, 0.2) is 11.8 Å². The number of aromatic amines is 1. The van der Waals surface area contributed by atoms with Crippen LogP contribution in [-0.2, 0) is 0 Å². The van der Waals surface area contributed by atoms with E-state index in [4.69, 9.17) is 5.11 Å². The van der Waals surface area contributed by atoms with Gasteiger partial charge in [0.1, 0.15) is 16.9 Å². The van der Waals surface area contributed by atoms with E-state index in [0.29, 0.717) is 16.2 Å². The smallest absolute Gasteiger partial charge is 0.383 e. The monoisotopic (exact) mass is 264 g/mol. The van der Waals surface area contributed by atoms with Crippen LogP contribution in [0.25, 0.3) is 11.2 Å². The first-order valence-electron chi connectivity index (χ1n) is 4.50. The standard InChI is InChI=1S/C8H7F3N4OS/c9-8(10,11)4(16)1-17-7-5-6(13-2-12-5)14-3-15-7/h2-4,16H,1H2,(H,12,13,14,15)/t4-/m1/s1. The minimum Gasteiger partial charge on any atom is -0.383 e. The molecule has 2 N–H and O–H groups in total. The topological polar surface area (TPSA) is 74.7 Å². The second kappa shape index (κ2) is 4.49. The highest BCUT2D eigenvalue weighted by Gasteiger charge is 2.38. The van der Waals surface area contributed by atoms with Crippen molar-refractivity contribution >= 4 is 22.9 Å². The van der Waals surface area contributed by atoms with Gasteiger partial charge in [0.2, 0.25) is 0 Å². The van der Waals surface area contributed by atoms with Gasteiger partial charge in [0.25, 0.3) is 0 Å². The summed E-state index contributed by atoms with van der Waals surface area (Å²) in [7, 11) is 0. The molecule has 2 aromatic rings. The molecule has 2 rings (SSSR count). The number of alkyl halides is 3. The number of hydrogen-bond donors (Lipinski definition) is 2. The quantitative estimate of drug-likeness (QED) is 0.647. The number of nitrogens with one attached hydrogen (secondary N) is 1. The number of aromatic nitrogens is 4. The van der Waals surface area contributed by atoms with Gasteiger partial charge in [0, 0.05) is 5.75 Å². The number of hydrogen-bond acceptors (Lipinski definition) is 5. The molecule has 9 heteroatoms. The maximum absolute atomic E-state index is 12.1. The summed E-state index contributed by atoms with van der Waals surface area (Å²) in [6.45, 7) is 0. The zero-order valence-corrected chi connectivity index (χ0v) is 9.09. The lowest BCUT2D eigenvalue weighted by Gasteiger charge is -2.13. The number of rotatable bonds is 3. The van der Waals surface area contributed by atoms with E-state index < -0.39 is 18.0 Å². The summed E-state index contributed by atoms with van der Waals surface area (Å²) >= 11 is 0.797. The number of aliphatic hydroxyl groups is 1. The van der Waals surface area contributed by atoms with Gasteiger partial charge in [-0.05, 0) is 0 Å². The lowest BCUT2D eigenvalue weighted by atomic mass is 10.4. The summed E-state index contributed by atoms with van der Waals surface area (Å²) in [6, 6.07) is 0. The predicted molar refractivity (Wildman–Crippen MR) is 54.5 cm³/mol. The molecular formula is C8H7F3N4OS. The molecule has 0 radical (unpaired) electrons. The maximum Gasteiger partial charge on any atom is 0.415 e. The molecule has 0 unspecified atom stereocenters. The Morgan fingerprint density at radius 2 is 2.12 bits per heavy atom. The third-order valence-corrected chi connectivity index (χ3v) is 3.01. The fourth-order valence-electron chi connectivity index (χ4n) is 1.10. The van der Waals surface area contributed by atoms with Crippen LogP contribution >= 0.6 is 11.8 Å². The normalized spacial score (nSPS) is 14.1. The van der Waals surface area contributed by atoms with Crippen LogP contribution < -0.4 is 0 Å². The molecule has 0 fully saturated rings. The highest BCUT2D eigenvalue weighted by atomic mass is 32.2. The Morgan fingerprint density at radius 1 is 1.35 bits per heavy atom. The third kappa shape index (κ3) is 2.67. The van der Waals surface area contributed by atoms with Crippen LogP contribution in [0, 0.1) is 0 Å². The van der Waals surface area contributed by atoms with Crippen LogP contribution in [0.15, 0.2) is 17.7 Å².